The van der Waals surface area contributed by atoms with Gasteiger partial charge in [0.05, 0.1) is 27.2 Å². The Morgan fingerprint density at radius 2 is 1.65 bits per heavy atom. The summed E-state index contributed by atoms with van der Waals surface area (Å²) >= 11 is 0. The van der Waals surface area contributed by atoms with Crippen LogP contribution in [0.15, 0.2) is 12.1 Å². The van der Waals surface area contributed by atoms with Crippen molar-refractivity contribution in [3.05, 3.63) is 17.7 Å². The van der Waals surface area contributed by atoms with Crippen molar-refractivity contribution in [2.75, 3.05) is 47.5 Å². The van der Waals surface area contributed by atoms with Gasteiger partial charge in [0.15, 0.2) is 11.5 Å². The van der Waals surface area contributed by atoms with Crippen LogP contribution in [0, 0.1) is 5.92 Å². The maximum absolute atomic E-state index is 12.7. The second kappa shape index (κ2) is 8.62. The lowest BCUT2D eigenvalue weighted by Crippen LogP contribution is -2.43. The Morgan fingerprint density at radius 1 is 1.00 bits per heavy atom. The maximum atomic E-state index is 12.7. The van der Waals surface area contributed by atoms with Crippen LogP contribution < -0.4 is 14.2 Å². The van der Waals surface area contributed by atoms with Gasteiger partial charge in [-0.25, -0.2) is 0 Å². The molecule has 2 saturated heterocycles. The molecule has 2 aliphatic heterocycles. The topological polar surface area (TPSA) is 51.2 Å². The zero-order chi connectivity index (χ0) is 18.5. The molecule has 0 N–H and O–H groups in total. The van der Waals surface area contributed by atoms with Gasteiger partial charge in [-0.1, -0.05) is 0 Å². The Morgan fingerprint density at radius 3 is 2.23 bits per heavy atom. The third-order valence-corrected chi connectivity index (χ3v) is 5.40. The van der Waals surface area contributed by atoms with Gasteiger partial charge in [-0.3, -0.25) is 9.69 Å². The van der Waals surface area contributed by atoms with E-state index in [9.17, 15) is 4.79 Å². The molecule has 2 aliphatic rings. The molecule has 3 rings (SSSR count). The summed E-state index contributed by atoms with van der Waals surface area (Å²) < 4.78 is 16.3. The highest BCUT2D eigenvalue weighted by Gasteiger charge is 2.30. The van der Waals surface area contributed by atoms with E-state index >= 15 is 0 Å². The van der Waals surface area contributed by atoms with Crippen molar-refractivity contribution in [1.29, 1.82) is 0 Å². The number of carbonyl (C=O) groups is 1. The predicted octanol–water partition coefficient (Wildman–Crippen LogP) is 2.55. The molecule has 0 unspecified atom stereocenters. The smallest absolute Gasteiger partial charge is 0.226 e. The van der Waals surface area contributed by atoms with Crippen molar-refractivity contribution in [3.63, 3.8) is 0 Å². The number of rotatable bonds is 6. The lowest BCUT2D eigenvalue weighted by Gasteiger charge is -2.34. The van der Waals surface area contributed by atoms with Gasteiger partial charge in [-0.05, 0) is 49.9 Å². The van der Waals surface area contributed by atoms with Gasteiger partial charge < -0.3 is 19.1 Å². The van der Waals surface area contributed by atoms with Crippen LogP contribution in [0.25, 0.3) is 0 Å². The minimum absolute atomic E-state index is 0.129. The molecular formula is C20H30N2O4. The van der Waals surface area contributed by atoms with E-state index in [0.717, 1.165) is 64.0 Å². The van der Waals surface area contributed by atoms with Crippen molar-refractivity contribution >= 4 is 5.91 Å². The average molecular weight is 362 g/mol. The molecule has 2 heterocycles. The van der Waals surface area contributed by atoms with Crippen LogP contribution in [0.5, 0.6) is 17.2 Å². The largest absolute Gasteiger partial charge is 0.493 e. The second-order valence-corrected chi connectivity index (χ2v) is 7.14. The number of benzene rings is 1. The SMILES string of the molecule is COc1cc(CN2CCC[C@@H](C(=O)N3CCCC3)C2)cc(OC)c1OC. The van der Waals surface area contributed by atoms with Crippen LogP contribution in [0.2, 0.25) is 0 Å². The molecule has 0 aliphatic carbocycles. The fraction of sp³-hybridized carbons (Fsp3) is 0.650. The van der Waals surface area contributed by atoms with Crippen LogP contribution in [0.3, 0.4) is 0 Å². The molecule has 0 aromatic heterocycles. The zero-order valence-corrected chi connectivity index (χ0v) is 16.1. The number of ether oxygens (including phenoxy) is 3. The highest BCUT2D eigenvalue weighted by Crippen LogP contribution is 2.38. The number of carbonyl (C=O) groups excluding carboxylic acids is 1. The van der Waals surface area contributed by atoms with Gasteiger partial charge in [-0.2, -0.15) is 0 Å². The maximum Gasteiger partial charge on any atom is 0.226 e. The van der Waals surface area contributed by atoms with Gasteiger partial charge >= 0.3 is 0 Å². The number of hydrogen-bond acceptors (Lipinski definition) is 5. The number of nitrogens with zero attached hydrogens (tertiary/aromatic N) is 2. The quantitative estimate of drug-likeness (QED) is 0.778. The summed E-state index contributed by atoms with van der Waals surface area (Å²) in [6, 6.07) is 3.99. The average Bonchev–Trinajstić information content (AvgIpc) is 3.21. The second-order valence-electron chi connectivity index (χ2n) is 7.14. The van der Waals surface area contributed by atoms with Crippen LogP contribution >= 0.6 is 0 Å². The van der Waals surface area contributed by atoms with Gasteiger partial charge in [0.1, 0.15) is 0 Å². The van der Waals surface area contributed by atoms with E-state index in [-0.39, 0.29) is 5.92 Å². The van der Waals surface area contributed by atoms with Crippen LogP contribution in [0.4, 0.5) is 0 Å². The molecule has 1 atom stereocenters. The molecule has 0 spiro atoms. The van der Waals surface area contributed by atoms with E-state index < -0.39 is 0 Å². The molecule has 6 nitrogen and oxygen atoms in total. The Bertz CT molecular complexity index is 603. The number of amides is 1. The minimum Gasteiger partial charge on any atom is -0.493 e. The van der Waals surface area contributed by atoms with E-state index in [1.807, 2.05) is 17.0 Å². The Balaban J connectivity index is 1.69. The number of methoxy groups -OCH3 is 3. The summed E-state index contributed by atoms with van der Waals surface area (Å²) in [7, 11) is 4.87. The standard InChI is InChI=1S/C20H30N2O4/c1-24-17-11-15(12-18(25-2)19(17)26-3)13-21-8-6-7-16(14-21)20(23)22-9-4-5-10-22/h11-12,16H,4-10,13-14H2,1-3H3/t16-/m1/s1. The van der Waals surface area contributed by atoms with Crippen LogP contribution in [-0.2, 0) is 11.3 Å². The minimum atomic E-state index is 0.129. The normalized spacial score (nSPS) is 20.9. The highest BCUT2D eigenvalue weighted by molar-refractivity contribution is 5.79. The molecule has 144 valence electrons. The molecule has 0 radical (unpaired) electrons. The van der Waals surface area contributed by atoms with Crippen LogP contribution in [0.1, 0.15) is 31.2 Å². The summed E-state index contributed by atoms with van der Waals surface area (Å²) in [6.45, 7) is 4.48. The first kappa shape index (κ1) is 18.8. The number of hydrogen-bond donors (Lipinski definition) is 0. The van der Waals surface area contributed by atoms with Crippen molar-refractivity contribution in [2.45, 2.75) is 32.2 Å². The molecule has 1 amide bonds. The monoisotopic (exact) mass is 362 g/mol. The summed E-state index contributed by atoms with van der Waals surface area (Å²) in [5.41, 5.74) is 1.11. The molecule has 6 heteroatoms. The number of likely N-dealkylation sites (tertiary alicyclic amines) is 2. The molecule has 26 heavy (non-hydrogen) atoms. The first-order chi connectivity index (χ1) is 12.7. The van der Waals surface area contributed by atoms with Crippen LogP contribution in [-0.4, -0.2) is 63.2 Å². The van der Waals surface area contributed by atoms with Crippen molar-refractivity contribution in [2.24, 2.45) is 5.92 Å². The molecule has 0 bridgehead atoms. The van der Waals surface area contributed by atoms with Gasteiger partial charge in [-0.15, -0.1) is 0 Å². The fourth-order valence-corrected chi connectivity index (χ4v) is 4.08. The number of piperidine rings is 1. The van der Waals surface area contributed by atoms with Crippen molar-refractivity contribution < 1.29 is 19.0 Å². The third kappa shape index (κ3) is 4.06. The lowest BCUT2D eigenvalue weighted by molar-refractivity contribution is -0.136. The third-order valence-electron chi connectivity index (χ3n) is 5.40. The first-order valence-corrected chi connectivity index (χ1v) is 9.46. The molecule has 2 fully saturated rings. The zero-order valence-electron chi connectivity index (χ0n) is 16.1. The van der Waals surface area contributed by atoms with E-state index in [2.05, 4.69) is 4.90 Å². The van der Waals surface area contributed by atoms with E-state index in [0.29, 0.717) is 23.2 Å². The molecular weight excluding hydrogens is 332 g/mol. The van der Waals surface area contributed by atoms with Gasteiger partial charge in [0, 0.05) is 26.2 Å². The molecule has 1 aromatic rings. The Hall–Kier alpha value is -1.95. The summed E-state index contributed by atoms with van der Waals surface area (Å²) in [6.07, 6.45) is 4.36. The van der Waals surface area contributed by atoms with Gasteiger partial charge in [0.25, 0.3) is 0 Å². The first-order valence-electron chi connectivity index (χ1n) is 9.46. The predicted molar refractivity (Wildman–Crippen MR) is 99.9 cm³/mol. The summed E-state index contributed by atoms with van der Waals surface area (Å²) in [4.78, 5) is 17.1. The molecule has 0 saturated carbocycles. The molecule has 1 aromatic carbocycles. The van der Waals surface area contributed by atoms with Gasteiger partial charge in [0.2, 0.25) is 11.7 Å². The van der Waals surface area contributed by atoms with E-state index in [4.69, 9.17) is 14.2 Å². The van der Waals surface area contributed by atoms with Crippen molar-refractivity contribution in [3.8, 4) is 17.2 Å². The Kier molecular flexibility index (Phi) is 6.25. The van der Waals surface area contributed by atoms with E-state index in [1.54, 1.807) is 21.3 Å². The Labute approximate surface area is 156 Å². The fourth-order valence-electron chi connectivity index (χ4n) is 4.08. The van der Waals surface area contributed by atoms with E-state index in [1.165, 1.54) is 0 Å². The summed E-state index contributed by atoms with van der Waals surface area (Å²) in [5, 5.41) is 0. The highest BCUT2D eigenvalue weighted by atomic mass is 16.5. The summed E-state index contributed by atoms with van der Waals surface area (Å²) in [5.74, 6) is 2.42. The lowest BCUT2D eigenvalue weighted by atomic mass is 9.96. The van der Waals surface area contributed by atoms with Crippen molar-refractivity contribution in [1.82, 2.24) is 9.80 Å².